The van der Waals surface area contributed by atoms with Gasteiger partial charge in [-0.3, -0.25) is 14.3 Å². The number of carbonyl (C=O) groups excluding carboxylic acids is 2. The average Bonchev–Trinajstić information content (AvgIpc) is 3.35. The van der Waals surface area contributed by atoms with Crippen LogP contribution in [-0.4, -0.2) is 49.1 Å². The van der Waals surface area contributed by atoms with Gasteiger partial charge in [-0.25, -0.2) is 9.07 Å². The van der Waals surface area contributed by atoms with Crippen molar-refractivity contribution < 1.29 is 19.1 Å². The Morgan fingerprint density at radius 2 is 2.14 bits per heavy atom. The van der Waals surface area contributed by atoms with Crippen LogP contribution < -0.4 is 10.2 Å². The van der Waals surface area contributed by atoms with Crippen LogP contribution >= 0.6 is 0 Å². The Labute approximate surface area is 159 Å². The maximum absolute atomic E-state index is 13.4. The van der Waals surface area contributed by atoms with Gasteiger partial charge in [0.15, 0.2) is 11.4 Å². The van der Waals surface area contributed by atoms with Crippen LogP contribution in [-0.2, 0) is 11.8 Å². The summed E-state index contributed by atoms with van der Waals surface area (Å²) in [6.45, 7) is 0.444. The van der Waals surface area contributed by atoms with Crippen LogP contribution in [0.15, 0.2) is 42.9 Å². The molecule has 0 aliphatic carbocycles. The van der Waals surface area contributed by atoms with E-state index in [4.69, 9.17) is 0 Å². The van der Waals surface area contributed by atoms with Gasteiger partial charge in [0.25, 0.3) is 5.91 Å². The maximum atomic E-state index is 13.4. The number of aromatic hydroxyl groups is 1. The topological polar surface area (TPSA) is 105 Å². The van der Waals surface area contributed by atoms with E-state index in [1.165, 1.54) is 29.1 Å². The molecular formula is C18H17FN6O3. The van der Waals surface area contributed by atoms with E-state index in [0.29, 0.717) is 24.3 Å². The van der Waals surface area contributed by atoms with Gasteiger partial charge in [0.05, 0.1) is 23.8 Å². The Balaban J connectivity index is 1.49. The van der Waals surface area contributed by atoms with E-state index in [0.717, 1.165) is 0 Å². The minimum Gasteiger partial charge on any atom is -0.504 e. The second-order valence-corrected chi connectivity index (χ2v) is 6.46. The summed E-state index contributed by atoms with van der Waals surface area (Å²) < 4.78 is 16.2. The summed E-state index contributed by atoms with van der Waals surface area (Å²) in [6, 6.07) is 4.85. The molecule has 9 nitrogen and oxygen atoms in total. The van der Waals surface area contributed by atoms with Crippen molar-refractivity contribution in [2.75, 3.05) is 11.4 Å². The lowest BCUT2D eigenvalue weighted by molar-refractivity contribution is -0.118. The van der Waals surface area contributed by atoms with Gasteiger partial charge in [0, 0.05) is 19.8 Å². The Morgan fingerprint density at radius 3 is 2.86 bits per heavy atom. The first-order valence-electron chi connectivity index (χ1n) is 8.58. The molecule has 2 N–H and O–H groups in total. The number of nitrogens with one attached hydrogen (secondary N) is 1. The molecule has 144 valence electrons. The molecule has 0 saturated carbocycles. The molecule has 2 aromatic heterocycles. The van der Waals surface area contributed by atoms with Crippen molar-refractivity contribution in [3.8, 4) is 11.4 Å². The number of benzene rings is 1. The van der Waals surface area contributed by atoms with Crippen LogP contribution in [0.4, 0.5) is 10.1 Å². The van der Waals surface area contributed by atoms with E-state index >= 15 is 0 Å². The van der Waals surface area contributed by atoms with Crippen LogP contribution in [0.5, 0.6) is 5.75 Å². The molecule has 1 atom stereocenters. The van der Waals surface area contributed by atoms with E-state index in [1.54, 1.807) is 35.1 Å². The first-order chi connectivity index (χ1) is 13.4. The fraction of sp³-hybridized carbons (Fsp3) is 0.222. The molecule has 1 aliphatic heterocycles. The van der Waals surface area contributed by atoms with Crippen molar-refractivity contribution in [3.05, 3.63) is 54.4 Å². The Bertz CT molecular complexity index is 1060. The molecule has 2 amide bonds. The van der Waals surface area contributed by atoms with Gasteiger partial charge in [0.2, 0.25) is 5.91 Å². The number of anilines is 1. The minimum atomic E-state index is -0.730. The highest BCUT2D eigenvalue weighted by molar-refractivity contribution is 6.03. The van der Waals surface area contributed by atoms with Crippen molar-refractivity contribution in [2.45, 2.75) is 12.5 Å². The Kier molecular flexibility index (Phi) is 4.30. The summed E-state index contributed by atoms with van der Waals surface area (Å²) in [7, 11) is 1.75. The highest BCUT2D eigenvalue weighted by Gasteiger charge is 2.35. The summed E-state index contributed by atoms with van der Waals surface area (Å²) in [4.78, 5) is 26.6. The predicted molar refractivity (Wildman–Crippen MR) is 96.6 cm³/mol. The van der Waals surface area contributed by atoms with Gasteiger partial charge < -0.3 is 15.3 Å². The molecule has 0 radical (unpaired) electrons. The zero-order chi connectivity index (χ0) is 19.8. The number of rotatable bonds is 4. The van der Waals surface area contributed by atoms with Crippen LogP contribution in [0, 0.1) is 5.82 Å². The summed E-state index contributed by atoms with van der Waals surface area (Å²) in [5, 5.41) is 20.7. The number of aromatic nitrogens is 4. The quantitative estimate of drug-likeness (QED) is 0.698. The fourth-order valence-electron chi connectivity index (χ4n) is 3.12. The molecule has 1 saturated heterocycles. The van der Waals surface area contributed by atoms with Gasteiger partial charge in [0.1, 0.15) is 11.9 Å². The van der Waals surface area contributed by atoms with Crippen molar-refractivity contribution in [3.63, 3.8) is 0 Å². The molecule has 1 aromatic carbocycles. The summed E-state index contributed by atoms with van der Waals surface area (Å²) in [6.07, 6.45) is 4.93. The Hall–Kier alpha value is -3.69. The van der Waals surface area contributed by atoms with Crippen LogP contribution in [0.25, 0.3) is 5.69 Å². The first-order valence-corrected chi connectivity index (χ1v) is 8.58. The molecule has 1 unspecified atom stereocenters. The number of nitrogens with zero attached hydrogens (tertiary/aromatic N) is 5. The predicted octanol–water partition coefficient (Wildman–Crippen LogP) is 0.986. The first kappa shape index (κ1) is 17.7. The number of aryl methyl sites for hydroxylation is 1. The highest BCUT2D eigenvalue weighted by atomic mass is 19.1. The van der Waals surface area contributed by atoms with Gasteiger partial charge in [-0.1, -0.05) is 6.07 Å². The van der Waals surface area contributed by atoms with Gasteiger partial charge >= 0.3 is 0 Å². The van der Waals surface area contributed by atoms with E-state index < -0.39 is 17.8 Å². The van der Waals surface area contributed by atoms with Gasteiger partial charge in [-0.2, -0.15) is 10.2 Å². The number of amides is 2. The van der Waals surface area contributed by atoms with Crippen LogP contribution in [0.2, 0.25) is 0 Å². The minimum absolute atomic E-state index is 0.239. The third-order valence-electron chi connectivity index (χ3n) is 4.50. The second-order valence-electron chi connectivity index (χ2n) is 6.46. The molecule has 10 heteroatoms. The Morgan fingerprint density at radius 1 is 1.32 bits per heavy atom. The summed E-state index contributed by atoms with van der Waals surface area (Å²) in [5.41, 5.74) is 0.772. The number of hydrogen-bond donors (Lipinski definition) is 2. The lowest BCUT2D eigenvalue weighted by atomic mass is 10.2. The SMILES string of the molecule is Cn1cc(N2CCC(NC(=O)c3nn(-c4cccc(F)c4)cc3O)C2=O)cn1. The van der Waals surface area contributed by atoms with E-state index in [-0.39, 0.29) is 17.4 Å². The molecule has 0 bridgehead atoms. The second kappa shape index (κ2) is 6.80. The third kappa shape index (κ3) is 3.20. The van der Waals surface area contributed by atoms with Gasteiger partial charge in [-0.05, 0) is 24.6 Å². The summed E-state index contributed by atoms with van der Waals surface area (Å²) >= 11 is 0. The number of hydrogen-bond acceptors (Lipinski definition) is 5. The third-order valence-corrected chi connectivity index (χ3v) is 4.50. The van der Waals surface area contributed by atoms with Crippen molar-refractivity contribution in [1.29, 1.82) is 0 Å². The number of carbonyl (C=O) groups is 2. The molecule has 3 heterocycles. The lowest BCUT2D eigenvalue weighted by Gasteiger charge is -2.14. The van der Waals surface area contributed by atoms with Crippen LogP contribution in [0.1, 0.15) is 16.9 Å². The zero-order valence-electron chi connectivity index (χ0n) is 14.9. The van der Waals surface area contributed by atoms with Crippen LogP contribution in [0.3, 0.4) is 0 Å². The van der Waals surface area contributed by atoms with Crippen molar-refractivity contribution >= 4 is 17.5 Å². The fourth-order valence-corrected chi connectivity index (χ4v) is 3.12. The van der Waals surface area contributed by atoms with E-state index in [2.05, 4.69) is 15.5 Å². The lowest BCUT2D eigenvalue weighted by Crippen LogP contribution is -2.41. The monoisotopic (exact) mass is 384 g/mol. The molecule has 1 fully saturated rings. The highest BCUT2D eigenvalue weighted by Crippen LogP contribution is 2.22. The maximum Gasteiger partial charge on any atom is 0.276 e. The standard InChI is InChI=1S/C18H17FN6O3/c1-23-9-13(8-20-23)24-6-5-14(18(24)28)21-17(27)16-15(26)10-25(22-16)12-4-2-3-11(19)7-12/h2-4,7-10,14,26H,5-6H2,1H3,(H,21,27). The summed E-state index contributed by atoms with van der Waals surface area (Å²) in [5.74, 6) is -1.77. The number of halogens is 1. The van der Waals surface area contributed by atoms with Crippen molar-refractivity contribution in [1.82, 2.24) is 24.9 Å². The molecule has 0 spiro atoms. The molecular weight excluding hydrogens is 367 g/mol. The van der Waals surface area contributed by atoms with E-state index in [9.17, 15) is 19.1 Å². The molecule has 1 aliphatic rings. The van der Waals surface area contributed by atoms with Gasteiger partial charge in [-0.15, -0.1) is 0 Å². The normalized spacial score (nSPS) is 16.6. The average molecular weight is 384 g/mol. The zero-order valence-corrected chi connectivity index (χ0v) is 14.9. The smallest absolute Gasteiger partial charge is 0.276 e. The molecule has 3 aromatic rings. The van der Waals surface area contributed by atoms with E-state index in [1.807, 2.05) is 0 Å². The van der Waals surface area contributed by atoms with Crippen molar-refractivity contribution in [2.24, 2.45) is 7.05 Å². The largest absolute Gasteiger partial charge is 0.504 e. The molecule has 4 rings (SSSR count). The molecule has 28 heavy (non-hydrogen) atoms.